The standard InChI is InChI=1S/C13H15N5O2S/c1-7-4-5-10(6-8(7)2)21-12-11(18(19)20)9(3)15-13(16-12)17-14/h4-6H,14H2,1-3H3,(H,15,16,17). The SMILES string of the molecule is Cc1ccc(Sc2nc(NN)nc(C)c2[N+](=O)[O-])cc1C. The molecular weight excluding hydrogens is 290 g/mol. The highest BCUT2D eigenvalue weighted by molar-refractivity contribution is 7.99. The minimum absolute atomic E-state index is 0.0998. The molecule has 2 aromatic rings. The van der Waals surface area contributed by atoms with Crippen LogP contribution >= 0.6 is 11.8 Å². The summed E-state index contributed by atoms with van der Waals surface area (Å²) in [4.78, 5) is 19.7. The van der Waals surface area contributed by atoms with Gasteiger partial charge in [-0.15, -0.1) is 0 Å². The fraction of sp³-hybridized carbons (Fsp3) is 0.231. The number of benzene rings is 1. The zero-order valence-corrected chi connectivity index (χ0v) is 12.7. The summed E-state index contributed by atoms with van der Waals surface area (Å²) in [5.41, 5.74) is 4.78. The van der Waals surface area contributed by atoms with E-state index in [-0.39, 0.29) is 22.4 Å². The third-order valence-corrected chi connectivity index (χ3v) is 4.00. The van der Waals surface area contributed by atoms with Gasteiger partial charge >= 0.3 is 5.69 Å². The molecule has 0 atom stereocenters. The quantitative estimate of drug-likeness (QED) is 0.387. The molecule has 0 unspecified atom stereocenters. The maximum Gasteiger partial charge on any atom is 0.322 e. The molecule has 110 valence electrons. The molecule has 0 aliphatic rings. The zero-order chi connectivity index (χ0) is 15.6. The molecule has 0 bridgehead atoms. The lowest BCUT2D eigenvalue weighted by Crippen LogP contribution is -2.12. The van der Waals surface area contributed by atoms with E-state index in [1.807, 2.05) is 32.0 Å². The number of nitrogens with zero attached hydrogens (tertiary/aromatic N) is 3. The molecule has 0 radical (unpaired) electrons. The van der Waals surface area contributed by atoms with Gasteiger partial charge < -0.3 is 0 Å². The van der Waals surface area contributed by atoms with Crippen molar-refractivity contribution in [2.45, 2.75) is 30.7 Å². The normalized spacial score (nSPS) is 10.5. The second-order valence-electron chi connectivity index (χ2n) is 4.54. The van der Waals surface area contributed by atoms with E-state index in [4.69, 9.17) is 5.84 Å². The summed E-state index contributed by atoms with van der Waals surface area (Å²) in [7, 11) is 0. The van der Waals surface area contributed by atoms with E-state index in [1.54, 1.807) is 6.92 Å². The van der Waals surface area contributed by atoms with Crippen molar-refractivity contribution < 1.29 is 4.92 Å². The van der Waals surface area contributed by atoms with Crippen molar-refractivity contribution in [2.75, 3.05) is 5.43 Å². The topological polar surface area (TPSA) is 107 Å². The van der Waals surface area contributed by atoms with Crippen molar-refractivity contribution in [1.29, 1.82) is 0 Å². The second-order valence-corrected chi connectivity index (χ2v) is 5.60. The number of hydrogen-bond acceptors (Lipinski definition) is 7. The molecule has 0 saturated carbocycles. The first kappa shape index (κ1) is 15.2. The molecule has 1 aromatic carbocycles. The van der Waals surface area contributed by atoms with Crippen LogP contribution in [0.3, 0.4) is 0 Å². The molecule has 1 heterocycles. The van der Waals surface area contributed by atoms with E-state index in [0.717, 1.165) is 16.0 Å². The molecule has 1 aromatic heterocycles. The lowest BCUT2D eigenvalue weighted by Gasteiger charge is -2.08. The van der Waals surface area contributed by atoms with Crippen molar-refractivity contribution >= 4 is 23.4 Å². The highest BCUT2D eigenvalue weighted by atomic mass is 32.2. The first-order valence-corrected chi connectivity index (χ1v) is 6.98. The molecule has 7 nitrogen and oxygen atoms in total. The van der Waals surface area contributed by atoms with Gasteiger partial charge in [-0.3, -0.25) is 15.5 Å². The van der Waals surface area contributed by atoms with Gasteiger partial charge in [-0.1, -0.05) is 17.8 Å². The highest BCUT2D eigenvalue weighted by Crippen LogP contribution is 2.35. The maximum absolute atomic E-state index is 11.2. The molecule has 0 aliphatic carbocycles. The summed E-state index contributed by atoms with van der Waals surface area (Å²) < 4.78 is 0. The minimum atomic E-state index is -0.473. The van der Waals surface area contributed by atoms with Gasteiger partial charge in [-0.2, -0.15) is 4.98 Å². The lowest BCUT2D eigenvalue weighted by molar-refractivity contribution is -0.389. The Morgan fingerprint density at radius 2 is 1.95 bits per heavy atom. The minimum Gasteiger partial charge on any atom is -0.292 e. The summed E-state index contributed by atoms with van der Waals surface area (Å²) in [6.45, 7) is 5.56. The Labute approximate surface area is 126 Å². The molecule has 0 aliphatic heterocycles. The second kappa shape index (κ2) is 6.06. The highest BCUT2D eigenvalue weighted by Gasteiger charge is 2.22. The number of nitro groups is 1. The number of nitrogens with one attached hydrogen (secondary N) is 1. The summed E-state index contributed by atoms with van der Waals surface area (Å²) in [5, 5.41) is 11.5. The summed E-state index contributed by atoms with van der Waals surface area (Å²) in [5.74, 6) is 5.45. The zero-order valence-electron chi connectivity index (χ0n) is 11.9. The number of aromatic nitrogens is 2. The van der Waals surface area contributed by atoms with Gasteiger partial charge in [0, 0.05) is 4.90 Å². The van der Waals surface area contributed by atoms with Crippen molar-refractivity contribution in [3.8, 4) is 0 Å². The smallest absolute Gasteiger partial charge is 0.292 e. The number of aryl methyl sites for hydroxylation is 3. The fourth-order valence-electron chi connectivity index (χ4n) is 1.78. The lowest BCUT2D eigenvalue weighted by atomic mass is 10.1. The van der Waals surface area contributed by atoms with Gasteiger partial charge in [0.2, 0.25) is 5.95 Å². The number of rotatable bonds is 4. The molecule has 21 heavy (non-hydrogen) atoms. The maximum atomic E-state index is 11.2. The molecule has 0 spiro atoms. The van der Waals surface area contributed by atoms with Crippen LogP contribution in [0.4, 0.5) is 11.6 Å². The predicted octanol–water partition coefficient (Wildman–Crippen LogP) is 2.75. The van der Waals surface area contributed by atoms with Crippen LogP contribution in [-0.4, -0.2) is 14.9 Å². The molecule has 0 fully saturated rings. The average molecular weight is 305 g/mol. The van der Waals surface area contributed by atoms with Gasteiger partial charge in [-0.25, -0.2) is 10.8 Å². The Morgan fingerprint density at radius 3 is 2.52 bits per heavy atom. The van der Waals surface area contributed by atoms with Crippen LogP contribution in [0.5, 0.6) is 0 Å². The first-order chi connectivity index (χ1) is 9.92. The van der Waals surface area contributed by atoms with Crippen LogP contribution in [-0.2, 0) is 0 Å². The number of nitrogens with two attached hydrogens (primary N) is 1. The molecular formula is C13H15N5O2S. The third kappa shape index (κ3) is 3.29. The van der Waals surface area contributed by atoms with Crippen molar-refractivity contribution in [1.82, 2.24) is 9.97 Å². The first-order valence-electron chi connectivity index (χ1n) is 6.17. The van der Waals surface area contributed by atoms with E-state index in [0.29, 0.717) is 0 Å². The molecule has 8 heteroatoms. The number of anilines is 1. The van der Waals surface area contributed by atoms with Crippen molar-refractivity contribution in [3.05, 3.63) is 45.1 Å². The number of hydrogen-bond donors (Lipinski definition) is 2. The largest absolute Gasteiger partial charge is 0.322 e. The summed E-state index contributed by atoms with van der Waals surface area (Å²) in [6.07, 6.45) is 0. The number of nitrogen functional groups attached to an aromatic ring is 1. The Bertz CT molecular complexity index is 705. The van der Waals surface area contributed by atoms with Gasteiger partial charge in [0.15, 0.2) is 5.03 Å². The van der Waals surface area contributed by atoms with Gasteiger partial charge in [0.25, 0.3) is 0 Å². The van der Waals surface area contributed by atoms with Crippen LogP contribution in [0, 0.1) is 30.9 Å². The van der Waals surface area contributed by atoms with Crippen LogP contribution in [0.1, 0.15) is 16.8 Å². The van der Waals surface area contributed by atoms with Crippen LogP contribution in [0.15, 0.2) is 28.1 Å². The van der Waals surface area contributed by atoms with E-state index >= 15 is 0 Å². The Hall–Kier alpha value is -2.19. The molecule has 3 N–H and O–H groups in total. The van der Waals surface area contributed by atoms with Gasteiger partial charge in [-0.05, 0) is 44.0 Å². The van der Waals surface area contributed by atoms with E-state index in [9.17, 15) is 10.1 Å². The average Bonchev–Trinajstić information content (AvgIpc) is 2.41. The van der Waals surface area contributed by atoms with Crippen LogP contribution < -0.4 is 11.3 Å². The van der Waals surface area contributed by atoms with Crippen LogP contribution in [0.2, 0.25) is 0 Å². The van der Waals surface area contributed by atoms with Gasteiger partial charge in [0.1, 0.15) is 5.69 Å². The van der Waals surface area contributed by atoms with E-state index in [1.165, 1.54) is 11.8 Å². The number of hydrazine groups is 1. The Balaban J connectivity index is 2.48. The van der Waals surface area contributed by atoms with Gasteiger partial charge in [0.05, 0.1) is 4.92 Å². The molecule has 0 saturated heterocycles. The fourth-order valence-corrected chi connectivity index (χ4v) is 2.82. The third-order valence-electron chi connectivity index (χ3n) is 3.03. The molecule has 0 amide bonds. The van der Waals surface area contributed by atoms with Crippen molar-refractivity contribution in [2.24, 2.45) is 5.84 Å². The predicted molar refractivity (Wildman–Crippen MR) is 81.3 cm³/mol. The molecule has 2 rings (SSSR count). The monoisotopic (exact) mass is 305 g/mol. The Kier molecular flexibility index (Phi) is 4.39. The summed E-state index contributed by atoms with van der Waals surface area (Å²) in [6, 6.07) is 5.85. The Morgan fingerprint density at radius 1 is 1.24 bits per heavy atom. The summed E-state index contributed by atoms with van der Waals surface area (Å²) >= 11 is 1.22. The van der Waals surface area contributed by atoms with Crippen molar-refractivity contribution in [3.63, 3.8) is 0 Å². The van der Waals surface area contributed by atoms with E-state index in [2.05, 4.69) is 15.4 Å². The van der Waals surface area contributed by atoms with E-state index < -0.39 is 4.92 Å². The van der Waals surface area contributed by atoms with Crippen LogP contribution in [0.25, 0.3) is 0 Å².